The quantitative estimate of drug-likeness (QED) is 0.149. The Balaban J connectivity index is 0. The van der Waals surface area contributed by atoms with Crippen molar-refractivity contribution in [2.45, 2.75) is 25.3 Å². The van der Waals surface area contributed by atoms with Gasteiger partial charge in [0.25, 0.3) is 0 Å². The Kier molecular flexibility index (Phi) is 16.4. The molecule has 3 amide bonds. The van der Waals surface area contributed by atoms with Gasteiger partial charge < -0.3 is 43.4 Å². The lowest BCUT2D eigenvalue weighted by Crippen LogP contribution is -2.43. The Morgan fingerprint density at radius 2 is 1.33 bits per heavy atom. The molecule has 0 aliphatic carbocycles. The predicted molar refractivity (Wildman–Crippen MR) is 94.2 cm³/mol. The highest BCUT2D eigenvalue weighted by Gasteiger charge is 2.18. The SMILES string of the molecule is NCC(=O)NCC(=O)NCC(=O)O.NCCCC[C@H](NC(=O)CN)C(=O)O. The van der Waals surface area contributed by atoms with Crippen molar-refractivity contribution in [3.63, 3.8) is 0 Å². The summed E-state index contributed by atoms with van der Waals surface area (Å²) in [5, 5.41) is 23.5. The maximum Gasteiger partial charge on any atom is 0.326 e. The average Bonchev–Trinajstić information content (AvgIpc) is 2.63. The van der Waals surface area contributed by atoms with E-state index in [0.717, 1.165) is 6.42 Å². The number of amides is 3. The van der Waals surface area contributed by atoms with Crippen LogP contribution < -0.4 is 33.2 Å². The van der Waals surface area contributed by atoms with Crippen LogP contribution in [0, 0.1) is 0 Å². The fourth-order valence-corrected chi connectivity index (χ4v) is 1.49. The van der Waals surface area contributed by atoms with Crippen molar-refractivity contribution in [2.24, 2.45) is 17.2 Å². The molecule has 0 radical (unpaired) electrons. The number of hydrogen-bond acceptors (Lipinski definition) is 8. The highest BCUT2D eigenvalue weighted by atomic mass is 16.4. The minimum absolute atomic E-state index is 0.194. The molecule has 0 spiro atoms. The van der Waals surface area contributed by atoms with Crippen molar-refractivity contribution in [3.05, 3.63) is 0 Å². The molecule has 0 aliphatic heterocycles. The summed E-state index contributed by atoms with van der Waals surface area (Å²) in [5.41, 5.74) is 15.3. The zero-order valence-corrected chi connectivity index (χ0v) is 14.9. The molecule has 0 rings (SSSR count). The Hall–Kier alpha value is -2.77. The number of carboxylic acid groups (broad SMARTS) is 2. The van der Waals surface area contributed by atoms with Gasteiger partial charge in [0.15, 0.2) is 0 Å². The molecule has 0 aromatic heterocycles. The van der Waals surface area contributed by atoms with E-state index in [2.05, 4.69) is 16.0 Å². The summed E-state index contributed by atoms with van der Waals surface area (Å²) in [4.78, 5) is 52.7. The fraction of sp³-hybridized carbons (Fsp3) is 0.643. The first kappa shape index (κ1) is 26.5. The lowest BCUT2D eigenvalue weighted by atomic mass is 10.1. The lowest BCUT2D eigenvalue weighted by molar-refractivity contribution is -0.141. The standard InChI is InChI=1S/C8H17N3O3.C6H11N3O4/c9-4-2-1-3-6(8(13)14)11-7(12)5-10;7-1-4(10)8-2-5(11)9-3-6(12)13/h6H,1-5,9-10H2,(H,11,12)(H,13,14);1-3,7H2,(H,8,10)(H,9,11)(H,12,13)/t6-;/m0./s1. The second kappa shape index (κ2) is 16.7. The minimum Gasteiger partial charge on any atom is -0.480 e. The molecule has 0 fully saturated rings. The molecule has 156 valence electrons. The molecule has 0 bridgehead atoms. The maximum atomic E-state index is 10.8. The first-order valence-corrected chi connectivity index (χ1v) is 8.05. The number of carbonyl (C=O) groups excluding carboxylic acids is 3. The van der Waals surface area contributed by atoms with Gasteiger partial charge in [-0.05, 0) is 25.8 Å². The van der Waals surface area contributed by atoms with Gasteiger partial charge in [0.05, 0.1) is 19.6 Å². The third-order valence-electron chi connectivity index (χ3n) is 2.83. The van der Waals surface area contributed by atoms with Crippen molar-refractivity contribution < 1.29 is 34.2 Å². The average molecular weight is 392 g/mol. The molecule has 0 aromatic rings. The predicted octanol–water partition coefficient (Wildman–Crippen LogP) is -4.09. The van der Waals surface area contributed by atoms with Gasteiger partial charge in [-0.3, -0.25) is 19.2 Å². The van der Waals surface area contributed by atoms with Crippen LogP contribution in [0.1, 0.15) is 19.3 Å². The lowest BCUT2D eigenvalue weighted by Gasteiger charge is -2.13. The molecule has 27 heavy (non-hydrogen) atoms. The smallest absolute Gasteiger partial charge is 0.326 e. The van der Waals surface area contributed by atoms with Crippen LogP contribution >= 0.6 is 0 Å². The largest absolute Gasteiger partial charge is 0.480 e. The van der Waals surface area contributed by atoms with Crippen LogP contribution in [0.3, 0.4) is 0 Å². The maximum absolute atomic E-state index is 10.8. The molecule has 1 atom stereocenters. The van der Waals surface area contributed by atoms with Gasteiger partial charge in [-0.15, -0.1) is 0 Å². The Morgan fingerprint density at radius 1 is 0.778 bits per heavy atom. The van der Waals surface area contributed by atoms with Gasteiger partial charge in [-0.25, -0.2) is 4.79 Å². The second-order valence-corrected chi connectivity index (χ2v) is 5.10. The van der Waals surface area contributed by atoms with E-state index < -0.39 is 42.2 Å². The van der Waals surface area contributed by atoms with Crippen LogP contribution in [0.15, 0.2) is 0 Å². The van der Waals surface area contributed by atoms with E-state index in [1.54, 1.807) is 0 Å². The van der Waals surface area contributed by atoms with Crippen molar-refractivity contribution in [1.29, 1.82) is 0 Å². The molecule has 0 unspecified atom stereocenters. The molecule has 0 heterocycles. The first-order chi connectivity index (χ1) is 12.7. The fourth-order valence-electron chi connectivity index (χ4n) is 1.49. The van der Waals surface area contributed by atoms with Crippen LogP contribution in [0.5, 0.6) is 0 Å². The van der Waals surface area contributed by atoms with Crippen LogP contribution in [0.2, 0.25) is 0 Å². The summed E-state index contributed by atoms with van der Waals surface area (Å²) < 4.78 is 0. The van der Waals surface area contributed by atoms with E-state index in [4.69, 9.17) is 27.4 Å². The van der Waals surface area contributed by atoms with Crippen LogP contribution in [-0.4, -0.2) is 78.6 Å². The van der Waals surface area contributed by atoms with Crippen LogP contribution in [-0.2, 0) is 24.0 Å². The van der Waals surface area contributed by atoms with E-state index >= 15 is 0 Å². The first-order valence-electron chi connectivity index (χ1n) is 8.05. The number of hydrogen-bond donors (Lipinski definition) is 8. The van der Waals surface area contributed by atoms with Crippen LogP contribution in [0.25, 0.3) is 0 Å². The van der Waals surface area contributed by atoms with Crippen molar-refractivity contribution in [1.82, 2.24) is 16.0 Å². The number of nitrogens with one attached hydrogen (secondary N) is 3. The van der Waals surface area contributed by atoms with Gasteiger partial charge in [-0.2, -0.15) is 0 Å². The van der Waals surface area contributed by atoms with E-state index in [-0.39, 0.29) is 19.6 Å². The van der Waals surface area contributed by atoms with Crippen molar-refractivity contribution >= 4 is 29.7 Å². The molecule has 0 saturated heterocycles. The number of carbonyl (C=O) groups is 5. The normalized spacial score (nSPS) is 10.6. The van der Waals surface area contributed by atoms with Gasteiger partial charge in [-0.1, -0.05) is 0 Å². The summed E-state index contributed by atoms with van der Waals surface area (Å²) in [6, 6.07) is -0.849. The van der Waals surface area contributed by atoms with E-state index in [1.807, 2.05) is 0 Å². The highest BCUT2D eigenvalue weighted by molar-refractivity contribution is 5.87. The molecule has 13 heteroatoms. The number of rotatable bonds is 12. The van der Waals surface area contributed by atoms with E-state index in [0.29, 0.717) is 19.4 Å². The summed E-state index contributed by atoms with van der Waals surface area (Å²) in [5.74, 6) is -3.66. The summed E-state index contributed by atoms with van der Waals surface area (Å²) >= 11 is 0. The molecule has 0 saturated carbocycles. The zero-order valence-electron chi connectivity index (χ0n) is 14.9. The Labute approximate surface area is 156 Å². The molecule has 0 aromatic carbocycles. The molecular weight excluding hydrogens is 364 g/mol. The Bertz CT molecular complexity index is 500. The molecule has 11 N–H and O–H groups in total. The molecule has 13 nitrogen and oxygen atoms in total. The summed E-state index contributed by atoms with van der Waals surface area (Å²) in [6.07, 6.45) is 1.82. The number of aliphatic carboxylic acids is 2. The highest BCUT2D eigenvalue weighted by Crippen LogP contribution is 2.00. The third-order valence-corrected chi connectivity index (χ3v) is 2.83. The molecular formula is C14H28N6O7. The topological polar surface area (TPSA) is 240 Å². The van der Waals surface area contributed by atoms with Gasteiger partial charge >= 0.3 is 11.9 Å². The number of nitrogens with two attached hydrogens (primary N) is 3. The van der Waals surface area contributed by atoms with Crippen molar-refractivity contribution in [2.75, 3.05) is 32.7 Å². The van der Waals surface area contributed by atoms with Gasteiger partial charge in [0.1, 0.15) is 12.6 Å². The monoisotopic (exact) mass is 392 g/mol. The number of unbranched alkanes of at least 4 members (excludes halogenated alkanes) is 1. The van der Waals surface area contributed by atoms with E-state index in [1.165, 1.54) is 0 Å². The van der Waals surface area contributed by atoms with Crippen molar-refractivity contribution in [3.8, 4) is 0 Å². The number of carboxylic acids is 2. The third kappa shape index (κ3) is 17.8. The van der Waals surface area contributed by atoms with Crippen LogP contribution in [0.4, 0.5) is 0 Å². The second-order valence-electron chi connectivity index (χ2n) is 5.10. The van der Waals surface area contributed by atoms with Gasteiger partial charge in [0, 0.05) is 0 Å². The van der Waals surface area contributed by atoms with Gasteiger partial charge in [0.2, 0.25) is 17.7 Å². The summed E-state index contributed by atoms with van der Waals surface area (Å²) in [7, 11) is 0. The summed E-state index contributed by atoms with van der Waals surface area (Å²) in [6.45, 7) is -0.593. The minimum atomic E-state index is -1.14. The molecule has 0 aliphatic rings. The van der Waals surface area contributed by atoms with E-state index in [9.17, 15) is 24.0 Å². The Morgan fingerprint density at radius 3 is 1.78 bits per heavy atom. The zero-order chi connectivity index (χ0) is 21.2.